The minimum absolute atomic E-state index is 0. The maximum atomic E-state index is 12.6. The molecule has 280 valence electrons. The average molecular weight is 1240 g/mol. The zero-order valence-electron chi connectivity index (χ0n) is 32.3. The molecule has 0 saturated carbocycles. The summed E-state index contributed by atoms with van der Waals surface area (Å²) in [6.45, 7) is 9.26. The van der Waals surface area contributed by atoms with Crippen LogP contribution in [0.5, 0.6) is 11.5 Å². The first kappa shape index (κ1) is 69.2. The minimum Gasteiger partial charge on any atom is -0.870 e. The third-order valence-electron chi connectivity index (χ3n) is 6.63. The summed E-state index contributed by atoms with van der Waals surface area (Å²) in [4.78, 5) is 68.6. The van der Waals surface area contributed by atoms with Crippen LogP contribution < -0.4 is 301 Å². The van der Waals surface area contributed by atoms with Gasteiger partial charge in [0.05, 0.1) is 26.4 Å². The van der Waals surface area contributed by atoms with Gasteiger partial charge in [-0.2, -0.15) is 6.42 Å². The van der Waals surface area contributed by atoms with Crippen LogP contribution in [-0.2, 0) is 28.7 Å². The number of nitrogens with one attached hydrogen (secondary N) is 2. The first-order valence-electron chi connectivity index (χ1n) is 15.1. The number of carbonyl (C=O) groups is 3. The fourth-order valence-corrected chi connectivity index (χ4v) is 4.08. The summed E-state index contributed by atoms with van der Waals surface area (Å²) in [5, 5.41) is 15.6. The summed E-state index contributed by atoms with van der Waals surface area (Å²) in [6, 6.07) is 7.56. The molecule has 0 spiro atoms. The zero-order valence-corrected chi connectivity index (χ0v) is 57.4. The third-order valence-corrected chi connectivity index (χ3v) is 6.63. The molecule has 16 nitrogen and oxygen atoms in total. The molecular formula is C34H43Cs4N2O14-3. The minimum atomic E-state index is -1.48. The maximum Gasteiger partial charge on any atom is 1.00 e. The van der Waals surface area contributed by atoms with E-state index < -0.39 is 36.3 Å². The van der Waals surface area contributed by atoms with Crippen molar-refractivity contribution in [2.24, 2.45) is 0 Å². The van der Waals surface area contributed by atoms with Crippen LogP contribution >= 0.6 is 0 Å². The number of amides is 2. The Morgan fingerprint density at radius 3 is 1.31 bits per heavy atom. The van der Waals surface area contributed by atoms with Crippen molar-refractivity contribution < 1.29 is 345 Å². The van der Waals surface area contributed by atoms with Crippen molar-refractivity contribution in [3.05, 3.63) is 58.7 Å². The van der Waals surface area contributed by atoms with Crippen LogP contribution in [0, 0.1) is 0 Å². The van der Waals surface area contributed by atoms with Crippen LogP contribution in [0.1, 0.15) is 84.2 Å². The molecule has 0 fully saturated rings. The van der Waals surface area contributed by atoms with Gasteiger partial charge in [-0.15, -0.1) is 0 Å². The number of carbonyl (C=O) groups excluding carboxylic acids is 6. The van der Waals surface area contributed by atoms with E-state index in [9.17, 15) is 33.9 Å². The van der Waals surface area contributed by atoms with Gasteiger partial charge in [0.15, 0.2) is 0 Å². The van der Waals surface area contributed by atoms with Crippen molar-refractivity contribution in [3.63, 3.8) is 0 Å². The molecule has 20 heteroatoms. The van der Waals surface area contributed by atoms with E-state index >= 15 is 0 Å². The molecule has 0 saturated heterocycles. The van der Waals surface area contributed by atoms with Gasteiger partial charge in [0.1, 0.15) is 24.7 Å². The SMILES string of the molecule is CC(C)c1cc(OCCOCCOCCOc2cc(C(=O)NC([C-]=O)CC(=O)[O-])cc(C(C)C)c2)cc(C(=O)NC([C-]=O)C[C-]=O)c1.[Cs+].[Cs+].[Cs+].[Cs+].[OH-].[OH-].[OH-]. The van der Waals surface area contributed by atoms with E-state index in [2.05, 4.69) is 10.6 Å². The third kappa shape index (κ3) is 28.9. The van der Waals surface area contributed by atoms with Crippen molar-refractivity contribution in [1.29, 1.82) is 0 Å². The molecule has 2 unspecified atom stereocenters. The van der Waals surface area contributed by atoms with Crippen LogP contribution in [0.2, 0.25) is 0 Å². The average Bonchev–Trinajstić information content (AvgIpc) is 3.04. The standard InChI is InChI=1S/C34H41N2O11.4Cs.3H2O/c1-22(2)24-13-26(33(42)35-28(20-38)5-6-37)17-30(15-24)46-11-9-44-7-8-45-10-12-47-31-16-25(23(3)4)14-27(18-31)34(43)36-29(21-39)19-32(40)41;;;;;;;/h13-18,22-23,28-29H,5,7-12,19H2,1-4H3,(H,35,42)(H,36,43)(H,40,41);;;;;3*1H2/q-3;4*+1;;;/p-4. The molecule has 0 aromatic heterocycles. The molecule has 2 aromatic rings. The maximum absolute atomic E-state index is 12.6. The Kier molecular flexibility index (Phi) is 51.9. The summed E-state index contributed by atoms with van der Waals surface area (Å²) >= 11 is 0. The largest absolute Gasteiger partial charge is 1.00 e. The fraction of sp³-hybridized carbons (Fsp3) is 0.471. The van der Waals surface area contributed by atoms with E-state index in [-0.39, 0.29) is 361 Å². The van der Waals surface area contributed by atoms with E-state index in [4.69, 9.17) is 18.9 Å². The Bertz CT molecular complexity index is 1390. The van der Waals surface area contributed by atoms with Gasteiger partial charge < -0.3 is 70.3 Å². The molecule has 0 aliphatic heterocycles. The number of carboxylic acid groups (broad SMARTS) is 1. The van der Waals surface area contributed by atoms with Crippen molar-refractivity contribution >= 4 is 36.6 Å². The second-order valence-corrected chi connectivity index (χ2v) is 11.0. The second-order valence-electron chi connectivity index (χ2n) is 11.0. The first-order chi connectivity index (χ1) is 22.5. The summed E-state index contributed by atoms with van der Waals surface area (Å²) in [6.07, 6.45) is 3.71. The fourth-order valence-electron chi connectivity index (χ4n) is 4.08. The molecule has 0 aliphatic rings. The quantitative estimate of drug-likeness (QED) is 0.0773. The Labute approximate surface area is 551 Å². The Balaban J connectivity index is -0.000000823. The van der Waals surface area contributed by atoms with Crippen LogP contribution in [0.15, 0.2) is 36.4 Å². The van der Waals surface area contributed by atoms with Crippen molar-refractivity contribution in [2.45, 2.75) is 64.5 Å². The first-order valence-corrected chi connectivity index (χ1v) is 15.1. The predicted molar refractivity (Wildman–Crippen MR) is 173 cm³/mol. The van der Waals surface area contributed by atoms with Gasteiger partial charge in [-0.1, -0.05) is 39.8 Å². The smallest absolute Gasteiger partial charge is 0.870 e. The predicted octanol–water partition coefficient (Wildman–Crippen LogP) is -11.0. The molecule has 2 amide bonds. The van der Waals surface area contributed by atoms with E-state index in [1.54, 1.807) is 36.8 Å². The van der Waals surface area contributed by atoms with Crippen molar-refractivity contribution in [3.8, 4) is 11.5 Å². The van der Waals surface area contributed by atoms with Gasteiger partial charge in [0, 0.05) is 17.1 Å². The van der Waals surface area contributed by atoms with Gasteiger partial charge in [0.25, 0.3) is 0 Å². The number of ether oxygens (including phenoxy) is 4. The summed E-state index contributed by atoms with van der Waals surface area (Å²) < 4.78 is 22.6. The molecular weight excluding hydrogens is 1190 g/mol. The van der Waals surface area contributed by atoms with Gasteiger partial charge in [-0.05, 0) is 65.8 Å². The van der Waals surface area contributed by atoms with Gasteiger partial charge in [-0.3, -0.25) is 15.9 Å². The Morgan fingerprint density at radius 1 is 0.611 bits per heavy atom. The molecule has 2 atom stereocenters. The van der Waals surface area contributed by atoms with Gasteiger partial charge >= 0.3 is 276 Å². The number of hydrogen-bond donors (Lipinski definition) is 2. The molecule has 2 aromatic carbocycles. The summed E-state index contributed by atoms with van der Waals surface area (Å²) in [5.41, 5.74) is 2.15. The van der Waals surface area contributed by atoms with E-state index in [0.29, 0.717) is 11.5 Å². The second kappa shape index (κ2) is 40.5. The number of carboxylic acids is 1. The van der Waals surface area contributed by atoms with E-state index in [1.807, 2.05) is 33.8 Å². The van der Waals surface area contributed by atoms with E-state index in [0.717, 1.165) is 11.1 Å². The molecule has 5 N–H and O–H groups in total. The number of hydrogen-bond acceptors (Lipinski definition) is 14. The molecule has 0 aliphatic carbocycles. The number of benzene rings is 2. The zero-order chi connectivity index (χ0) is 34.8. The van der Waals surface area contributed by atoms with Crippen LogP contribution in [0.4, 0.5) is 0 Å². The topological polar surface area (TPSA) is 276 Å². The number of aliphatic carboxylic acids is 1. The van der Waals surface area contributed by atoms with Crippen molar-refractivity contribution in [2.75, 3.05) is 39.6 Å². The van der Waals surface area contributed by atoms with Crippen molar-refractivity contribution in [1.82, 2.24) is 10.6 Å². The molecule has 0 bridgehead atoms. The normalized spacial score (nSPS) is 10.6. The van der Waals surface area contributed by atoms with Crippen LogP contribution in [0.3, 0.4) is 0 Å². The Morgan fingerprint density at radius 2 is 0.981 bits per heavy atom. The van der Waals surface area contributed by atoms with E-state index in [1.165, 1.54) is 12.4 Å². The van der Waals surface area contributed by atoms with Crippen LogP contribution in [0.25, 0.3) is 0 Å². The summed E-state index contributed by atoms with van der Waals surface area (Å²) in [5.74, 6) is -1.63. The van der Waals surface area contributed by atoms with Gasteiger partial charge in [0.2, 0.25) is 11.8 Å². The monoisotopic (exact) mass is 1230 g/mol. The van der Waals surface area contributed by atoms with Gasteiger partial charge in [-0.25, -0.2) is 12.6 Å². The Hall–Kier alpha value is 3.47. The molecule has 0 heterocycles. The molecule has 54 heavy (non-hydrogen) atoms. The summed E-state index contributed by atoms with van der Waals surface area (Å²) in [7, 11) is 0. The number of rotatable bonds is 23. The van der Waals surface area contributed by atoms with Crippen LogP contribution in [-0.4, -0.2) is 105 Å². The molecule has 0 radical (unpaired) electrons. The molecule has 2 rings (SSSR count).